The molecule has 0 fully saturated rings. The highest BCUT2D eigenvalue weighted by Crippen LogP contribution is 2.37. The average molecular weight is 369 g/mol. The number of fused-ring (bicyclic) bond motifs is 1. The molecule has 0 saturated heterocycles. The molecule has 1 heterocycles. The number of rotatable bonds is 3. The molecular formula is C17H21ClN2O3S. The van der Waals surface area contributed by atoms with Crippen molar-refractivity contribution in [2.45, 2.75) is 24.7 Å². The van der Waals surface area contributed by atoms with Gasteiger partial charge in [0.1, 0.15) is 10.6 Å². The molecule has 0 bridgehead atoms. The van der Waals surface area contributed by atoms with Gasteiger partial charge >= 0.3 is 0 Å². The average Bonchev–Trinajstić information content (AvgIpc) is 2.54. The van der Waals surface area contributed by atoms with Gasteiger partial charge < -0.3 is 10.5 Å². The predicted molar refractivity (Wildman–Crippen MR) is 98.7 cm³/mol. The number of methoxy groups -OCH3 is 1. The number of sulfonamides is 1. The number of ether oxygens (including phenoxy) is 1. The van der Waals surface area contributed by atoms with Gasteiger partial charge in [0, 0.05) is 12.2 Å². The normalized spacial score (nSPS) is 13.8. The Bertz CT molecular complexity index is 853. The van der Waals surface area contributed by atoms with Crippen LogP contribution in [-0.2, 0) is 16.4 Å². The Labute approximate surface area is 148 Å². The van der Waals surface area contributed by atoms with E-state index in [4.69, 9.17) is 10.5 Å². The standard InChI is InChI=1S/C17H20N2O3S.ClH/c1-12-8-9-16(22-2)17(11-12)23(20,21)19-10-4-5-13-14(18)6-3-7-15(13)19;/h3,6-9,11H,4-5,10,18H2,1-2H3;1H. The maximum absolute atomic E-state index is 13.2. The van der Waals surface area contributed by atoms with E-state index < -0.39 is 10.0 Å². The van der Waals surface area contributed by atoms with Crippen LogP contribution in [0.2, 0.25) is 0 Å². The van der Waals surface area contributed by atoms with Crippen molar-refractivity contribution < 1.29 is 13.2 Å². The van der Waals surface area contributed by atoms with Crippen LogP contribution in [0.3, 0.4) is 0 Å². The lowest BCUT2D eigenvalue weighted by Crippen LogP contribution is -2.36. The van der Waals surface area contributed by atoms with Crippen molar-refractivity contribution in [2.75, 3.05) is 23.7 Å². The fourth-order valence-electron chi connectivity index (χ4n) is 2.97. The van der Waals surface area contributed by atoms with Crippen LogP contribution in [-0.4, -0.2) is 22.1 Å². The van der Waals surface area contributed by atoms with E-state index in [1.54, 1.807) is 18.2 Å². The first-order valence-corrected chi connectivity index (χ1v) is 8.94. The lowest BCUT2D eigenvalue weighted by molar-refractivity contribution is 0.402. The van der Waals surface area contributed by atoms with E-state index in [1.807, 2.05) is 25.1 Å². The van der Waals surface area contributed by atoms with Crippen LogP contribution in [0.1, 0.15) is 17.5 Å². The first-order chi connectivity index (χ1) is 10.9. The lowest BCUT2D eigenvalue weighted by Gasteiger charge is -2.31. The van der Waals surface area contributed by atoms with Gasteiger partial charge in [-0.1, -0.05) is 12.1 Å². The monoisotopic (exact) mass is 368 g/mol. The highest BCUT2D eigenvalue weighted by molar-refractivity contribution is 7.93. The summed E-state index contributed by atoms with van der Waals surface area (Å²) in [4.78, 5) is 0.190. The molecule has 2 aromatic carbocycles. The molecule has 1 aliphatic heterocycles. The van der Waals surface area contributed by atoms with Gasteiger partial charge in [0.25, 0.3) is 10.0 Å². The van der Waals surface area contributed by atoms with Crippen molar-refractivity contribution in [1.29, 1.82) is 0 Å². The number of aryl methyl sites for hydroxylation is 1. The number of nitrogen functional groups attached to an aromatic ring is 1. The Hall–Kier alpha value is -1.92. The Morgan fingerprint density at radius 1 is 1.21 bits per heavy atom. The smallest absolute Gasteiger partial charge is 0.268 e. The SMILES string of the molecule is COc1ccc(C)cc1S(=O)(=O)N1CCCc2c(N)cccc21.Cl. The molecule has 130 valence electrons. The first-order valence-electron chi connectivity index (χ1n) is 7.50. The van der Waals surface area contributed by atoms with Crippen molar-refractivity contribution in [1.82, 2.24) is 0 Å². The number of anilines is 2. The molecule has 0 amide bonds. The minimum absolute atomic E-state index is 0. The third-order valence-electron chi connectivity index (χ3n) is 4.13. The van der Waals surface area contributed by atoms with E-state index in [0.29, 0.717) is 23.7 Å². The number of hydrogen-bond acceptors (Lipinski definition) is 4. The molecule has 2 N–H and O–H groups in total. The summed E-state index contributed by atoms with van der Waals surface area (Å²) in [6.45, 7) is 2.30. The summed E-state index contributed by atoms with van der Waals surface area (Å²) in [5, 5.41) is 0. The zero-order chi connectivity index (χ0) is 16.6. The largest absolute Gasteiger partial charge is 0.495 e. The Morgan fingerprint density at radius 2 is 1.96 bits per heavy atom. The molecule has 2 aromatic rings. The van der Waals surface area contributed by atoms with Gasteiger partial charge in [-0.25, -0.2) is 8.42 Å². The van der Waals surface area contributed by atoms with Gasteiger partial charge in [-0.05, 0) is 55.2 Å². The number of halogens is 1. The van der Waals surface area contributed by atoms with Crippen molar-refractivity contribution in [3.05, 3.63) is 47.5 Å². The Kier molecular flexibility index (Phi) is 5.30. The van der Waals surface area contributed by atoms with Gasteiger partial charge in [-0.15, -0.1) is 12.4 Å². The molecule has 3 rings (SSSR count). The highest BCUT2D eigenvalue weighted by atomic mass is 35.5. The van der Waals surface area contributed by atoms with Crippen LogP contribution in [0.15, 0.2) is 41.3 Å². The fourth-order valence-corrected chi connectivity index (χ4v) is 4.75. The second-order valence-corrected chi connectivity index (χ2v) is 7.51. The molecule has 0 atom stereocenters. The van der Waals surface area contributed by atoms with Crippen LogP contribution >= 0.6 is 12.4 Å². The van der Waals surface area contributed by atoms with E-state index in [-0.39, 0.29) is 17.3 Å². The summed E-state index contributed by atoms with van der Waals surface area (Å²) < 4.78 is 33.1. The Morgan fingerprint density at radius 3 is 2.67 bits per heavy atom. The van der Waals surface area contributed by atoms with Crippen LogP contribution in [0, 0.1) is 6.92 Å². The summed E-state index contributed by atoms with van der Waals surface area (Å²) in [5.74, 6) is 0.353. The maximum atomic E-state index is 13.2. The van der Waals surface area contributed by atoms with Gasteiger partial charge in [-0.3, -0.25) is 4.31 Å². The van der Waals surface area contributed by atoms with Crippen LogP contribution in [0.25, 0.3) is 0 Å². The van der Waals surface area contributed by atoms with Crippen LogP contribution in [0.5, 0.6) is 5.75 Å². The zero-order valence-corrected chi connectivity index (χ0v) is 15.3. The zero-order valence-electron chi connectivity index (χ0n) is 13.7. The van der Waals surface area contributed by atoms with Crippen molar-refractivity contribution in [2.24, 2.45) is 0 Å². The van der Waals surface area contributed by atoms with Gasteiger partial charge in [-0.2, -0.15) is 0 Å². The molecule has 0 radical (unpaired) electrons. The van der Waals surface area contributed by atoms with E-state index in [0.717, 1.165) is 24.0 Å². The minimum atomic E-state index is -3.70. The van der Waals surface area contributed by atoms with E-state index in [1.165, 1.54) is 11.4 Å². The number of nitrogens with two attached hydrogens (primary N) is 1. The second-order valence-electron chi connectivity index (χ2n) is 5.68. The molecule has 24 heavy (non-hydrogen) atoms. The summed E-state index contributed by atoms with van der Waals surface area (Å²) in [6, 6.07) is 10.6. The molecule has 0 unspecified atom stereocenters. The van der Waals surface area contributed by atoms with Crippen molar-refractivity contribution in [3.8, 4) is 5.75 Å². The molecular weight excluding hydrogens is 348 g/mol. The summed E-state index contributed by atoms with van der Waals surface area (Å²) >= 11 is 0. The third-order valence-corrected chi connectivity index (χ3v) is 5.97. The van der Waals surface area contributed by atoms with Crippen molar-refractivity contribution >= 4 is 33.8 Å². The number of nitrogens with zero attached hydrogens (tertiary/aromatic N) is 1. The van der Waals surface area contributed by atoms with Crippen molar-refractivity contribution in [3.63, 3.8) is 0 Å². The quantitative estimate of drug-likeness (QED) is 0.844. The van der Waals surface area contributed by atoms with E-state index in [2.05, 4.69) is 0 Å². The third kappa shape index (κ3) is 3.03. The molecule has 0 aromatic heterocycles. The highest BCUT2D eigenvalue weighted by Gasteiger charge is 2.32. The van der Waals surface area contributed by atoms with Crippen LogP contribution in [0.4, 0.5) is 11.4 Å². The number of hydrogen-bond donors (Lipinski definition) is 1. The van der Waals surface area contributed by atoms with E-state index in [9.17, 15) is 8.42 Å². The summed E-state index contributed by atoms with van der Waals surface area (Å²) in [5.41, 5.74) is 9.09. The van der Waals surface area contributed by atoms with Gasteiger partial charge in [0.15, 0.2) is 0 Å². The predicted octanol–water partition coefficient (Wildman–Crippen LogP) is 3.15. The fraction of sp³-hybridized carbons (Fsp3) is 0.294. The molecule has 7 heteroatoms. The summed E-state index contributed by atoms with van der Waals surface area (Å²) in [7, 11) is -2.23. The molecule has 0 aliphatic carbocycles. The minimum Gasteiger partial charge on any atom is -0.495 e. The molecule has 0 spiro atoms. The van der Waals surface area contributed by atoms with Gasteiger partial charge in [0.2, 0.25) is 0 Å². The first kappa shape index (κ1) is 18.4. The molecule has 5 nitrogen and oxygen atoms in total. The maximum Gasteiger partial charge on any atom is 0.268 e. The lowest BCUT2D eigenvalue weighted by atomic mass is 10.0. The molecule has 0 saturated carbocycles. The summed E-state index contributed by atoms with van der Waals surface area (Å²) in [6.07, 6.45) is 1.54. The van der Waals surface area contributed by atoms with Gasteiger partial charge in [0.05, 0.1) is 12.8 Å². The van der Waals surface area contributed by atoms with E-state index >= 15 is 0 Å². The Balaban J connectivity index is 0.00000208. The van der Waals surface area contributed by atoms with Crippen LogP contribution < -0.4 is 14.8 Å². The topological polar surface area (TPSA) is 72.6 Å². The number of benzene rings is 2. The molecule has 1 aliphatic rings. The second kappa shape index (κ2) is 6.91.